The predicted molar refractivity (Wildman–Crippen MR) is 80.1 cm³/mol. The van der Waals surface area contributed by atoms with Crippen LogP contribution in [0.2, 0.25) is 0 Å². The molecule has 1 fully saturated rings. The summed E-state index contributed by atoms with van der Waals surface area (Å²) in [5.41, 5.74) is 0.809. The molecule has 0 spiro atoms. The summed E-state index contributed by atoms with van der Waals surface area (Å²) in [5, 5.41) is 9.71. The molecular weight excluding hydrogens is 276 g/mol. The summed E-state index contributed by atoms with van der Waals surface area (Å²) in [4.78, 5) is 18.4. The van der Waals surface area contributed by atoms with Crippen LogP contribution >= 0.6 is 11.3 Å². The van der Waals surface area contributed by atoms with Gasteiger partial charge in [-0.3, -0.25) is 0 Å². The molecule has 0 aromatic carbocycles. The molecule has 0 saturated carbocycles. The molecule has 1 saturated heterocycles. The third-order valence-corrected chi connectivity index (χ3v) is 4.43. The standard InChI is InChI=1S/C14H20N2O3S/c1-10-4-3-7-16(8-10)14-15-11(9-19-2)12(20-14)5-6-13(17)18/h5-6,10H,3-4,7-9H2,1-2H3,(H,17,18)/b6-5+. The number of carboxylic acid groups (broad SMARTS) is 1. The quantitative estimate of drug-likeness (QED) is 0.846. The van der Waals surface area contributed by atoms with E-state index in [1.54, 1.807) is 13.2 Å². The number of methoxy groups -OCH3 is 1. The van der Waals surface area contributed by atoms with Crippen molar-refractivity contribution in [3.05, 3.63) is 16.6 Å². The number of ether oxygens (including phenoxy) is 1. The van der Waals surface area contributed by atoms with Crippen LogP contribution < -0.4 is 4.90 Å². The van der Waals surface area contributed by atoms with Crippen LogP contribution in [0, 0.1) is 5.92 Å². The molecule has 1 atom stereocenters. The molecule has 0 aliphatic carbocycles. The van der Waals surface area contributed by atoms with Crippen molar-refractivity contribution in [2.45, 2.75) is 26.4 Å². The van der Waals surface area contributed by atoms with Crippen molar-refractivity contribution >= 4 is 28.5 Å². The first-order chi connectivity index (χ1) is 9.60. The minimum atomic E-state index is -0.949. The largest absolute Gasteiger partial charge is 0.478 e. The topological polar surface area (TPSA) is 62.7 Å². The van der Waals surface area contributed by atoms with E-state index >= 15 is 0 Å². The molecule has 0 bridgehead atoms. The number of aliphatic carboxylic acids is 1. The van der Waals surface area contributed by atoms with Gasteiger partial charge in [0.15, 0.2) is 5.13 Å². The highest BCUT2D eigenvalue weighted by Gasteiger charge is 2.20. The normalized spacial score (nSPS) is 19.7. The van der Waals surface area contributed by atoms with Gasteiger partial charge in [-0.1, -0.05) is 18.3 Å². The Morgan fingerprint density at radius 1 is 1.65 bits per heavy atom. The lowest BCUT2D eigenvalue weighted by molar-refractivity contribution is -0.131. The molecule has 5 nitrogen and oxygen atoms in total. The zero-order chi connectivity index (χ0) is 14.5. The molecule has 1 aliphatic rings. The molecule has 1 N–H and O–H groups in total. The predicted octanol–water partition coefficient (Wildman–Crippen LogP) is 2.62. The minimum Gasteiger partial charge on any atom is -0.478 e. The molecule has 1 unspecified atom stereocenters. The average Bonchev–Trinajstić information content (AvgIpc) is 2.80. The highest BCUT2D eigenvalue weighted by molar-refractivity contribution is 7.16. The van der Waals surface area contributed by atoms with Gasteiger partial charge in [-0.15, -0.1) is 0 Å². The van der Waals surface area contributed by atoms with E-state index in [-0.39, 0.29) is 0 Å². The summed E-state index contributed by atoms with van der Waals surface area (Å²) in [6.07, 6.45) is 5.19. The van der Waals surface area contributed by atoms with Crippen LogP contribution in [0.1, 0.15) is 30.3 Å². The lowest BCUT2D eigenvalue weighted by Gasteiger charge is -2.30. The third kappa shape index (κ3) is 3.80. The van der Waals surface area contributed by atoms with Gasteiger partial charge in [0.05, 0.1) is 17.2 Å². The van der Waals surface area contributed by atoms with E-state index in [4.69, 9.17) is 9.84 Å². The van der Waals surface area contributed by atoms with E-state index in [0.29, 0.717) is 12.5 Å². The number of aromatic nitrogens is 1. The van der Waals surface area contributed by atoms with E-state index in [0.717, 1.165) is 34.9 Å². The Bertz CT molecular complexity index is 499. The fraction of sp³-hybridized carbons (Fsp3) is 0.571. The number of nitrogens with zero attached hydrogens (tertiary/aromatic N) is 2. The summed E-state index contributed by atoms with van der Waals surface area (Å²) in [6.45, 7) is 4.69. The van der Waals surface area contributed by atoms with Gasteiger partial charge in [0.1, 0.15) is 0 Å². The fourth-order valence-corrected chi connectivity index (χ4v) is 3.37. The van der Waals surface area contributed by atoms with Crippen LogP contribution in [0.3, 0.4) is 0 Å². The van der Waals surface area contributed by atoms with E-state index in [1.165, 1.54) is 24.2 Å². The van der Waals surface area contributed by atoms with Gasteiger partial charge in [-0.25, -0.2) is 9.78 Å². The fourth-order valence-electron chi connectivity index (χ4n) is 2.37. The molecule has 6 heteroatoms. The molecule has 1 aliphatic heterocycles. The lowest BCUT2D eigenvalue weighted by atomic mass is 10.0. The van der Waals surface area contributed by atoms with Crippen molar-refractivity contribution in [2.24, 2.45) is 5.92 Å². The molecule has 0 radical (unpaired) electrons. The number of piperidine rings is 1. The summed E-state index contributed by atoms with van der Waals surface area (Å²) in [5.74, 6) is -0.272. The van der Waals surface area contributed by atoms with Crippen LogP contribution in [0.15, 0.2) is 6.08 Å². The third-order valence-electron chi connectivity index (χ3n) is 3.30. The Hall–Kier alpha value is -1.40. The molecule has 2 heterocycles. The molecule has 1 aromatic heterocycles. The van der Waals surface area contributed by atoms with Gasteiger partial charge in [0.2, 0.25) is 0 Å². The minimum absolute atomic E-state index is 0.402. The van der Waals surface area contributed by atoms with Gasteiger partial charge in [-0.2, -0.15) is 0 Å². The number of rotatable bonds is 5. The van der Waals surface area contributed by atoms with Crippen molar-refractivity contribution < 1.29 is 14.6 Å². The highest BCUT2D eigenvalue weighted by atomic mass is 32.1. The Morgan fingerprint density at radius 3 is 3.10 bits per heavy atom. The second kappa shape index (κ2) is 6.85. The van der Waals surface area contributed by atoms with Crippen LogP contribution in [0.5, 0.6) is 0 Å². The first kappa shape index (κ1) is 15.0. The maximum Gasteiger partial charge on any atom is 0.328 e. The molecular formula is C14H20N2O3S. The number of hydrogen-bond donors (Lipinski definition) is 1. The average molecular weight is 296 g/mol. The van der Waals surface area contributed by atoms with E-state index < -0.39 is 5.97 Å². The lowest BCUT2D eigenvalue weighted by Crippen LogP contribution is -2.34. The smallest absolute Gasteiger partial charge is 0.328 e. The second-order valence-corrected chi connectivity index (χ2v) is 6.11. The van der Waals surface area contributed by atoms with Crippen molar-refractivity contribution in [3.63, 3.8) is 0 Å². The molecule has 110 valence electrons. The summed E-state index contributed by atoms with van der Waals surface area (Å²) < 4.78 is 5.14. The van der Waals surface area contributed by atoms with Crippen LogP contribution in [-0.4, -0.2) is 36.3 Å². The van der Waals surface area contributed by atoms with Crippen molar-refractivity contribution in [2.75, 3.05) is 25.1 Å². The number of carbonyl (C=O) groups is 1. The molecule has 0 amide bonds. The summed E-state index contributed by atoms with van der Waals surface area (Å²) in [6, 6.07) is 0. The zero-order valence-corrected chi connectivity index (χ0v) is 12.7. The van der Waals surface area contributed by atoms with Crippen LogP contribution in [0.25, 0.3) is 6.08 Å². The Kier molecular flexibility index (Phi) is 5.14. The molecule has 2 rings (SSSR count). The Balaban J connectivity index is 2.21. The Morgan fingerprint density at radius 2 is 2.45 bits per heavy atom. The van der Waals surface area contributed by atoms with Gasteiger partial charge in [0.25, 0.3) is 0 Å². The molecule has 20 heavy (non-hydrogen) atoms. The summed E-state index contributed by atoms with van der Waals surface area (Å²) >= 11 is 1.53. The van der Waals surface area contributed by atoms with Crippen LogP contribution in [0.4, 0.5) is 5.13 Å². The van der Waals surface area contributed by atoms with Gasteiger partial charge < -0.3 is 14.7 Å². The number of anilines is 1. The summed E-state index contributed by atoms with van der Waals surface area (Å²) in [7, 11) is 1.62. The molecule has 1 aromatic rings. The number of carboxylic acids is 1. The zero-order valence-electron chi connectivity index (χ0n) is 11.8. The first-order valence-electron chi connectivity index (χ1n) is 6.74. The van der Waals surface area contributed by atoms with Crippen molar-refractivity contribution in [3.8, 4) is 0 Å². The van der Waals surface area contributed by atoms with Gasteiger partial charge >= 0.3 is 5.97 Å². The van der Waals surface area contributed by atoms with Crippen molar-refractivity contribution in [1.82, 2.24) is 4.98 Å². The van der Waals surface area contributed by atoms with E-state index in [2.05, 4.69) is 16.8 Å². The van der Waals surface area contributed by atoms with Crippen LogP contribution in [-0.2, 0) is 16.1 Å². The number of hydrogen-bond acceptors (Lipinski definition) is 5. The van der Waals surface area contributed by atoms with Crippen molar-refractivity contribution in [1.29, 1.82) is 0 Å². The highest BCUT2D eigenvalue weighted by Crippen LogP contribution is 2.31. The second-order valence-electron chi connectivity index (χ2n) is 5.11. The monoisotopic (exact) mass is 296 g/mol. The first-order valence-corrected chi connectivity index (χ1v) is 7.56. The SMILES string of the molecule is COCc1nc(N2CCCC(C)C2)sc1/C=C/C(=O)O. The van der Waals surface area contributed by atoms with E-state index in [9.17, 15) is 4.79 Å². The van der Waals surface area contributed by atoms with Gasteiger partial charge in [-0.05, 0) is 24.8 Å². The number of thiazole rings is 1. The maximum absolute atomic E-state index is 10.6. The maximum atomic E-state index is 10.6. The van der Waals surface area contributed by atoms with Gasteiger partial charge in [0, 0.05) is 26.3 Å². The Labute approximate surface area is 122 Å². The van der Waals surface area contributed by atoms with E-state index in [1.807, 2.05) is 0 Å².